The van der Waals surface area contributed by atoms with E-state index in [4.69, 9.17) is 17.3 Å². The number of carbonyl (C=O) groups is 3. The maximum Gasteiger partial charge on any atom is 0.347 e. The summed E-state index contributed by atoms with van der Waals surface area (Å²) in [6.07, 6.45) is 0.640. The van der Waals surface area contributed by atoms with Gasteiger partial charge in [0.1, 0.15) is 5.76 Å². The second-order valence-corrected chi connectivity index (χ2v) is 4.65. The van der Waals surface area contributed by atoms with Crippen LogP contribution in [-0.2, 0) is 19.1 Å². The number of amides is 1. The Morgan fingerprint density at radius 1 is 1.22 bits per heavy atom. The molecular formula is C15H14ClNO6. The molecule has 0 unspecified atom stereocenters. The highest BCUT2D eigenvalue weighted by molar-refractivity contribution is 6.30. The van der Waals surface area contributed by atoms with Crippen molar-refractivity contribution < 1.29 is 29.3 Å². The fraction of sp³-hybridized carbons (Fsp3) is 0.133. The van der Waals surface area contributed by atoms with Gasteiger partial charge in [-0.2, -0.15) is 0 Å². The smallest absolute Gasteiger partial charge is 0.347 e. The second-order valence-electron chi connectivity index (χ2n) is 4.21. The fourth-order valence-corrected chi connectivity index (χ4v) is 1.66. The summed E-state index contributed by atoms with van der Waals surface area (Å²) in [6, 6.07) is 5.83. The SMILES string of the molecule is CCOC(=O)/C(C(N)=O)=C(/O)C(=O)C=C(O)c1ccc(Cl)cc1. The van der Waals surface area contributed by atoms with E-state index in [2.05, 4.69) is 4.74 Å². The van der Waals surface area contributed by atoms with Gasteiger partial charge in [-0.1, -0.05) is 11.6 Å². The van der Waals surface area contributed by atoms with Crippen LogP contribution < -0.4 is 5.73 Å². The number of esters is 1. The molecule has 1 aromatic carbocycles. The number of carbonyl (C=O) groups excluding carboxylic acids is 3. The average Bonchev–Trinajstić information content (AvgIpc) is 2.47. The number of allylic oxidation sites excluding steroid dienone is 1. The van der Waals surface area contributed by atoms with Crippen LogP contribution in [0.25, 0.3) is 5.76 Å². The monoisotopic (exact) mass is 339 g/mol. The predicted molar refractivity (Wildman–Crippen MR) is 82.5 cm³/mol. The van der Waals surface area contributed by atoms with Crippen molar-refractivity contribution in [3.05, 3.63) is 52.3 Å². The number of hydrogen-bond donors (Lipinski definition) is 3. The highest BCUT2D eigenvalue weighted by Crippen LogP contribution is 2.16. The third-order valence-corrected chi connectivity index (χ3v) is 2.86. The third kappa shape index (κ3) is 4.86. The van der Waals surface area contributed by atoms with E-state index in [-0.39, 0.29) is 12.2 Å². The lowest BCUT2D eigenvalue weighted by Gasteiger charge is -2.05. The minimum Gasteiger partial charge on any atom is -0.507 e. The first-order chi connectivity index (χ1) is 10.8. The maximum absolute atomic E-state index is 11.9. The zero-order chi connectivity index (χ0) is 17.6. The number of benzene rings is 1. The number of ketones is 1. The molecule has 0 aliphatic rings. The second kappa shape index (κ2) is 8.00. The van der Waals surface area contributed by atoms with Gasteiger partial charge in [0.15, 0.2) is 11.3 Å². The molecule has 0 saturated heterocycles. The van der Waals surface area contributed by atoms with Gasteiger partial charge in [0, 0.05) is 16.7 Å². The van der Waals surface area contributed by atoms with Gasteiger partial charge in [0.25, 0.3) is 5.91 Å². The lowest BCUT2D eigenvalue weighted by atomic mass is 10.1. The number of aliphatic hydroxyl groups excluding tert-OH is 2. The largest absolute Gasteiger partial charge is 0.507 e. The van der Waals surface area contributed by atoms with Gasteiger partial charge in [0.2, 0.25) is 5.78 Å². The Morgan fingerprint density at radius 3 is 2.26 bits per heavy atom. The summed E-state index contributed by atoms with van der Waals surface area (Å²) in [5.74, 6) is -5.44. The summed E-state index contributed by atoms with van der Waals surface area (Å²) in [6.45, 7) is 1.39. The summed E-state index contributed by atoms with van der Waals surface area (Å²) >= 11 is 5.70. The molecule has 8 heteroatoms. The van der Waals surface area contributed by atoms with Crippen molar-refractivity contribution >= 4 is 35.0 Å². The molecule has 4 N–H and O–H groups in total. The van der Waals surface area contributed by atoms with E-state index in [0.717, 1.165) is 0 Å². The fourth-order valence-electron chi connectivity index (χ4n) is 1.54. The van der Waals surface area contributed by atoms with Crippen LogP contribution in [0.2, 0.25) is 5.02 Å². The van der Waals surface area contributed by atoms with E-state index < -0.39 is 34.8 Å². The van der Waals surface area contributed by atoms with Crippen molar-refractivity contribution in [2.45, 2.75) is 6.92 Å². The molecule has 0 heterocycles. The highest BCUT2D eigenvalue weighted by atomic mass is 35.5. The minimum absolute atomic E-state index is 0.0804. The number of ether oxygens (including phenoxy) is 1. The normalized spacial score (nSPS) is 12.3. The topological polar surface area (TPSA) is 127 Å². The maximum atomic E-state index is 11.9. The number of hydrogen-bond acceptors (Lipinski definition) is 6. The van der Waals surface area contributed by atoms with Crippen LogP contribution >= 0.6 is 11.6 Å². The van der Waals surface area contributed by atoms with E-state index >= 15 is 0 Å². The Bertz CT molecular complexity index is 690. The van der Waals surface area contributed by atoms with Crippen LogP contribution in [0.5, 0.6) is 0 Å². The molecule has 0 spiro atoms. The molecule has 23 heavy (non-hydrogen) atoms. The summed E-state index contributed by atoms with van der Waals surface area (Å²) < 4.78 is 4.53. The first-order valence-corrected chi connectivity index (χ1v) is 6.76. The van der Waals surface area contributed by atoms with Crippen LogP contribution in [0, 0.1) is 0 Å². The van der Waals surface area contributed by atoms with Gasteiger partial charge < -0.3 is 20.7 Å². The van der Waals surface area contributed by atoms with Gasteiger partial charge in [-0.15, -0.1) is 0 Å². The molecule has 0 aromatic heterocycles. The van der Waals surface area contributed by atoms with Crippen molar-refractivity contribution in [2.75, 3.05) is 6.61 Å². The van der Waals surface area contributed by atoms with Crippen molar-refractivity contribution in [3.8, 4) is 0 Å². The van der Waals surface area contributed by atoms with E-state index in [9.17, 15) is 24.6 Å². The van der Waals surface area contributed by atoms with E-state index in [0.29, 0.717) is 11.1 Å². The minimum atomic E-state index is -1.33. The zero-order valence-corrected chi connectivity index (χ0v) is 12.8. The van der Waals surface area contributed by atoms with E-state index in [1.54, 1.807) is 0 Å². The Labute approximate surface area is 136 Å². The van der Waals surface area contributed by atoms with E-state index in [1.807, 2.05) is 0 Å². The highest BCUT2D eigenvalue weighted by Gasteiger charge is 2.26. The molecule has 0 atom stereocenters. The van der Waals surface area contributed by atoms with Gasteiger partial charge in [-0.05, 0) is 31.2 Å². The van der Waals surface area contributed by atoms with Gasteiger partial charge in [-0.3, -0.25) is 9.59 Å². The molecule has 1 aromatic rings. The standard InChI is InChI=1S/C15H14ClNO6/c1-2-23-15(22)12(14(17)21)13(20)11(19)7-10(18)8-3-5-9(16)6-4-8/h3-7,18,20H,2H2,1H3,(H2,17,21)/b10-7?,13-12+. The molecule has 0 fully saturated rings. The van der Waals surface area contributed by atoms with Crippen molar-refractivity contribution in [1.82, 2.24) is 0 Å². The Kier molecular flexibility index (Phi) is 6.35. The van der Waals surface area contributed by atoms with Crippen LogP contribution in [0.4, 0.5) is 0 Å². The molecule has 0 aliphatic heterocycles. The summed E-state index contributed by atoms with van der Waals surface area (Å²) in [4.78, 5) is 34.6. The zero-order valence-electron chi connectivity index (χ0n) is 12.1. The quantitative estimate of drug-likeness (QED) is 0.238. The van der Waals surface area contributed by atoms with Crippen molar-refractivity contribution in [1.29, 1.82) is 0 Å². The molecule has 0 radical (unpaired) electrons. The average molecular weight is 340 g/mol. The van der Waals surface area contributed by atoms with Gasteiger partial charge in [-0.25, -0.2) is 4.79 Å². The van der Waals surface area contributed by atoms with Crippen molar-refractivity contribution in [3.63, 3.8) is 0 Å². The predicted octanol–water partition coefficient (Wildman–Crippen LogP) is 1.67. The van der Waals surface area contributed by atoms with Gasteiger partial charge >= 0.3 is 5.97 Å². The summed E-state index contributed by atoms with van der Waals surface area (Å²) in [7, 11) is 0. The molecule has 0 saturated carbocycles. The number of primary amides is 1. The molecule has 122 valence electrons. The number of rotatable bonds is 6. The first-order valence-electron chi connectivity index (χ1n) is 6.39. The summed E-state index contributed by atoms with van der Waals surface area (Å²) in [5.41, 5.74) is 4.21. The van der Waals surface area contributed by atoms with Crippen molar-refractivity contribution in [2.24, 2.45) is 5.73 Å². The Balaban J connectivity index is 3.16. The number of nitrogens with two attached hydrogens (primary N) is 1. The molecule has 7 nitrogen and oxygen atoms in total. The molecule has 0 bridgehead atoms. The molecule has 1 amide bonds. The molecule has 0 aliphatic carbocycles. The molecule has 1 rings (SSSR count). The lowest BCUT2D eigenvalue weighted by molar-refractivity contribution is -0.140. The third-order valence-electron chi connectivity index (χ3n) is 2.60. The number of halogens is 1. The Hall–Kier alpha value is -2.80. The molecular weight excluding hydrogens is 326 g/mol. The van der Waals surface area contributed by atoms with Crippen LogP contribution in [0.3, 0.4) is 0 Å². The lowest BCUT2D eigenvalue weighted by Crippen LogP contribution is -2.26. The Morgan fingerprint density at radius 2 is 1.78 bits per heavy atom. The number of aliphatic hydroxyl groups is 2. The van der Waals surface area contributed by atoms with Crippen LogP contribution in [0.1, 0.15) is 12.5 Å². The summed E-state index contributed by atoms with van der Waals surface area (Å²) in [5, 5.41) is 20.0. The van der Waals surface area contributed by atoms with Gasteiger partial charge in [0.05, 0.1) is 6.61 Å². The van der Waals surface area contributed by atoms with Crippen LogP contribution in [-0.4, -0.2) is 34.5 Å². The first kappa shape index (κ1) is 18.2. The van der Waals surface area contributed by atoms with E-state index in [1.165, 1.54) is 31.2 Å². The van der Waals surface area contributed by atoms with Crippen LogP contribution in [0.15, 0.2) is 41.7 Å².